The van der Waals surface area contributed by atoms with Gasteiger partial charge in [-0.05, 0) is 65.2 Å². The molecule has 3 heterocycles. The summed E-state index contributed by atoms with van der Waals surface area (Å²) in [4.78, 5) is 0. The molecule has 0 atom stereocenters. The van der Waals surface area contributed by atoms with Crippen molar-refractivity contribution in [3.63, 3.8) is 0 Å². The smallest absolute Gasteiger partial charge is 0.135 e. The van der Waals surface area contributed by atoms with Crippen molar-refractivity contribution in [1.82, 2.24) is 9.13 Å². The number of benzene rings is 7. The van der Waals surface area contributed by atoms with Gasteiger partial charge in [0, 0.05) is 54.7 Å². The summed E-state index contributed by atoms with van der Waals surface area (Å²) in [6, 6.07) is 52.9. The number of furan rings is 1. The lowest BCUT2D eigenvalue weighted by molar-refractivity contribution is 0.664. The van der Waals surface area contributed by atoms with Gasteiger partial charge in [0.1, 0.15) is 11.2 Å². The minimum atomic E-state index is -0.241. The molecule has 10 aromatic rings. The molecule has 0 unspecified atom stereocenters. The van der Waals surface area contributed by atoms with Gasteiger partial charge in [0.15, 0.2) is 0 Å². The van der Waals surface area contributed by atoms with E-state index in [4.69, 9.17) is 4.42 Å². The zero-order valence-corrected chi connectivity index (χ0v) is 26.7. The molecule has 226 valence electrons. The first-order chi connectivity index (χ1) is 23.6. The highest BCUT2D eigenvalue weighted by atomic mass is 16.3. The van der Waals surface area contributed by atoms with E-state index in [1.165, 1.54) is 71.6 Å². The predicted octanol–water partition coefficient (Wildman–Crippen LogP) is 12.1. The number of hydrogen-bond donors (Lipinski definition) is 0. The molecule has 11 rings (SSSR count). The maximum Gasteiger partial charge on any atom is 0.135 e. The lowest BCUT2D eigenvalue weighted by atomic mass is 9.81. The lowest BCUT2D eigenvalue weighted by Gasteiger charge is -2.24. The Bertz CT molecular complexity index is 2970. The first-order valence-electron chi connectivity index (χ1n) is 16.7. The molecule has 3 nitrogen and oxygen atoms in total. The number of fused-ring (bicyclic) bond motifs is 15. The Morgan fingerprint density at radius 1 is 0.479 bits per heavy atom. The Balaban J connectivity index is 1.43. The topological polar surface area (TPSA) is 23.0 Å². The van der Waals surface area contributed by atoms with E-state index in [2.05, 4.69) is 163 Å². The van der Waals surface area contributed by atoms with Gasteiger partial charge in [-0.2, -0.15) is 0 Å². The molecule has 3 aromatic heterocycles. The van der Waals surface area contributed by atoms with Crippen LogP contribution >= 0.6 is 0 Å². The molecule has 1 aliphatic rings. The molecular formula is C45H30N2O. The summed E-state index contributed by atoms with van der Waals surface area (Å²) in [6.07, 6.45) is 0. The summed E-state index contributed by atoms with van der Waals surface area (Å²) in [5.41, 5.74) is 14.3. The highest BCUT2D eigenvalue weighted by Gasteiger charge is 2.41. The van der Waals surface area contributed by atoms with Crippen molar-refractivity contribution >= 4 is 65.6 Å². The second-order valence-corrected chi connectivity index (χ2v) is 13.7. The van der Waals surface area contributed by atoms with Crippen LogP contribution in [-0.4, -0.2) is 9.13 Å². The van der Waals surface area contributed by atoms with Gasteiger partial charge in [0.05, 0.1) is 22.1 Å². The highest BCUT2D eigenvalue weighted by molar-refractivity contribution is 6.33. The molecular weight excluding hydrogens is 585 g/mol. The maximum atomic E-state index is 6.29. The molecule has 0 N–H and O–H groups in total. The first-order valence-corrected chi connectivity index (χ1v) is 16.7. The van der Waals surface area contributed by atoms with Crippen LogP contribution in [0.4, 0.5) is 0 Å². The Morgan fingerprint density at radius 3 is 1.83 bits per heavy atom. The number of hydrogen-bond acceptors (Lipinski definition) is 1. The van der Waals surface area contributed by atoms with Crippen molar-refractivity contribution in [3.8, 4) is 22.5 Å². The minimum absolute atomic E-state index is 0.241. The van der Waals surface area contributed by atoms with Crippen LogP contribution in [0, 0.1) is 0 Å². The van der Waals surface area contributed by atoms with E-state index in [0.29, 0.717) is 0 Å². The van der Waals surface area contributed by atoms with Gasteiger partial charge < -0.3 is 13.6 Å². The van der Waals surface area contributed by atoms with E-state index in [9.17, 15) is 0 Å². The fraction of sp³-hybridized carbons (Fsp3) is 0.0667. The molecule has 0 aliphatic heterocycles. The van der Waals surface area contributed by atoms with Gasteiger partial charge >= 0.3 is 0 Å². The van der Waals surface area contributed by atoms with E-state index in [0.717, 1.165) is 27.6 Å². The van der Waals surface area contributed by atoms with Crippen molar-refractivity contribution in [2.45, 2.75) is 19.3 Å². The largest absolute Gasteiger partial charge is 0.456 e. The van der Waals surface area contributed by atoms with E-state index >= 15 is 0 Å². The number of para-hydroxylation sites is 4. The second-order valence-electron chi connectivity index (χ2n) is 13.7. The third-order valence-corrected chi connectivity index (χ3v) is 10.9. The standard InChI is InChI=1S/C45H30N2O/c1-45(2)34-20-10-6-17-30(34)41-42(45)44-40(39-31-18-7-11-21-35(31)46(43(39)41)27-14-4-3-5-15-27)32-19-8-12-22-36(32)47(44)28-24-25-38-33(26-28)29-16-9-13-23-37(29)48-38/h3-26H,1-2H3. The summed E-state index contributed by atoms with van der Waals surface area (Å²) < 4.78 is 11.3. The summed E-state index contributed by atoms with van der Waals surface area (Å²) >= 11 is 0. The zero-order valence-electron chi connectivity index (χ0n) is 26.7. The molecule has 1 aliphatic carbocycles. The van der Waals surface area contributed by atoms with Crippen LogP contribution in [0.2, 0.25) is 0 Å². The number of rotatable bonds is 2. The van der Waals surface area contributed by atoms with Crippen LogP contribution in [0.15, 0.2) is 150 Å². The fourth-order valence-electron chi connectivity index (χ4n) is 8.91. The second kappa shape index (κ2) is 9.05. The van der Waals surface area contributed by atoms with E-state index in [-0.39, 0.29) is 5.41 Å². The average molecular weight is 615 g/mol. The lowest BCUT2D eigenvalue weighted by Crippen LogP contribution is -2.16. The normalized spacial score (nSPS) is 13.8. The van der Waals surface area contributed by atoms with Gasteiger partial charge in [0.2, 0.25) is 0 Å². The third-order valence-electron chi connectivity index (χ3n) is 10.9. The number of nitrogens with zero attached hydrogens (tertiary/aromatic N) is 2. The Labute approximate surface area is 276 Å². The van der Waals surface area contributed by atoms with Crippen molar-refractivity contribution in [1.29, 1.82) is 0 Å². The fourth-order valence-corrected chi connectivity index (χ4v) is 8.91. The van der Waals surface area contributed by atoms with Crippen LogP contribution < -0.4 is 0 Å². The first kappa shape index (κ1) is 26.1. The summed E-state index contributed by atoms with van der Waals surface area (Å²) in [5, 5.41) is 7.42. The van der Waals surface area contributed by atoms with Crippen LogP contribution in [0.5, 0.6) is 0 Å². The van der Waals surface area contributed by atoms with E-state index in [1.807, 2.05) is 6.07 Å². The van der Waals surface area contributed by atoms with Crippen molar-refractivity contribution in [2.24, 2.45) is 0 Å². The van der Waals surface area contributed by atoms with Crippen molar-refractivity contribution in [3.05, 3.63) is 157 Å². The quantitative estimate of drug-likeness (QED) is 0.190. The van der Waals surface area contributed by atoms with Crippen LogP contribution in [0.1, 0.15) is 25.0 Å². The molecule has 0 spiro atoms. The van der Waals surface area contributed by atoms with Gasteiger partial charge in [0.25, 0.3) is 0 Å². The maximum absolute atomic E-state index is 6.29. The molecule has 0 saturated carbocycles. The highest BCUT2D eigenvalue weighted by Crippen LogP contribution is 2.58. The molecule has 48 heavy (non-hydrogen) atoms. The van der Waals surface area contributed by atoms with Crippen molar-refractivity contribution in [2.75, 3.05) is 0 Å². The molecule has 0 radical (unpaired) electrons. The molecule has 0 bridgehead atoms. The molecule has 0 saturated heterocycles. The third kappa shape index (κ3) is 3.14. The Morgan fingerprint density at radius 2 is 1.06 bits per heavy atom. The summed E-state index contributed by atoms with van der Waals surface area (Å²) in [7, 11) is 0. The Kier molecular flexibility index (Phi) is 4.91. The monoisotopic (exact) mass is 614 g/mol. The summed E-state index contributed by atoms with van der Waals surface area (Å²) in [5.74, 6) is 0. The Hall–Kier alpha value is -6.06. The molecule has 0 fully saturated rings. The van der Waals surface area contributed by atoms with Gasteiger partial charge in [-0.15, -0.1) is 0 Å². The van der Waals surface area contributed by atoms with Crippen LogP contribution in [0.3, 0.4) is 0 Å². The van der Waals surface area contributed by atoms with Crippen LogP contribution in [-0.2, 0) is 5.41 Å². The van der Waals surface area contributed by atoms with Crippen LogP contribution in [0.25, 0.3) is 88.1 Å². The summed E-state index contributed by atoms with van der Waals surface area (Å²) in [6.45, 7) is 4.82. The minimum Gasteiger partial charge on any atom is -0.456 e. The van der Waals surface area contributed by atoms with E-state index in [1.54, 1.807) is 0 Å². The molecule has 0 amide bonds. The predicted molar refractivity (Wildman–Crippen MR) is 200 cm³/mol. The average Bonchev–Trinajstić information content (AvgIpc) is 3.84. The number of aromatic nitrogens is 2. The molecule has 3 heteroatoms. The van der Waals surface area contributed by atoms with Gasteiger partial charge in [-0.1, -0.05) is 111 Å². The van der Waals surface area contributed by atoms with Gasteiger partial charge in [-0.3, -0.25) is 0 Å². The SMILES string of the molecule is CC1(C)c2ccccc2-c2c1c1c(c3ccccc3n1-c1ccc3oc4ccccc4c3c1)c1c3ccccc3n(-c3ccccc3)c21. The van der Waals surface area contributed by atoms with Gasteiger partial charge in [-0.25, -0.2) is 0 Å². The van der Waals surface area contributed by atoms with Crippen molar-refractivity contribution < 1.29 is 4.42 Å². The van der Waals surface area contributed by atoms with E-state index < -0.39 is 0 Å². The molecule has 7 aromatic carbocycles. The zero-order chi connectivity index (χ0) is 31.7.